The zero-order valence-electron chi connectivity index (χ0n) is 21.4. The molecule has 2 aliphatic rings. The molecular formula is C29H33N5O4. The Kier molecular flexibility index (Phi) is 6.86. The number of para-hydroxylation sites is 1. The monoisotopic (exact) mass is 515 g/mol. The molecule has 198 valence electrons. The van der Waals surface area contributed by atoms with Crippen LogP contribution >= 0.6 is 0 Å². The summed E-state index contributed by atoms with van der Waals surface area (Å²) >= 11 is 0. The van der Waals surface area contributed by atoms with Gasteiger partial charge in [-0.15, -0.1) is 0 Å². The van der Waals surface area contributed by atoms with Crippen LogP contribution < -0.4 is 16.0 Å². The molecule has 2 fully saturated rings. The first-order chi connectivity index (χ1) is 18.6. The number of morpholine rings is 1. The number of H-pyrrole nitrogens is 1. The molecule has 9 heteroatoms. The van der Waals surface area contributed by atoms with Gasteiger partial charge in [-0.05, 0) is 43.0 Å². The Hall–Kier alpha value is -3.69. The van der Waals surface area contributed by atoms with Gasteiger partial charge < -0.3 is 20.2 Å². The molecule has 0 bridgehead atoms. The number of rotatable bonds is 10. The lowest BCUT2D eigenvalue weighted by Gasteiger charge is -2.26. The first kappa shape index (κ1) is 24.6. The molecule has 0 radical (unpaired) electrons. The third kappa shape index (κ3) is 5.04. The first-order valence-electron chi connectivity index (χ1n) is 13.4. The van der Waals surface area contributed by atoms with E-state index < -0.39 is 11.9 Å². The van der Waals surface area contributed by atoms with Crippen molar-refractivity contribution in [3.8, 4) is 17.1 Å². The van der Waals surface area contributed by atoms with Gasteiger partial charge in [0.2, 0.25) is 5.91 Å². The van der Waals surface area contributed by atoms with Crippen LogP contribution in [-0.2, 0) is 9.53 Å². The summed E-state index contributed by atoms with van der Waals surface area (Å²) in [6.45, 7) is 4.94. The lowest BCUT2D eigenvalue weighted by Crippen LogP contribution is -2.37. The van der Waals surface area contributed by atoms with Crippen molar-refractivity contribution < 1.29 is 14.3 Å². The quantitative estimate of drug-likeness (QED) is 0.313. The van der Waals surface area contributed by atoms with Crippen molar-refractivity contribution in [2.75, 3.05) is 39.5 Å². The van der Waals surface area contributed by atoms with Gasteiger partial charge in [-0.25, -0.2) is 4.98 Å². The van der Waals surface area contributed by atoms with E-state index in [1.54, 1.807) is 6.07 Å². The molecule has 3 heterocycles. The Bertz CT molecular complexity index is 1520. The smallest absolute Gasteiger partial charge is 0.262 e. The van der Waals surface area contributed by atoms with E-state index >= 15 is 0 Å². The molecule has 6 rings (SSSR count). The molecule has 0 spiro atoms. The molecule has 3 N–H and O–H groups in total. The van der Waals surface area contributed by atoms with Crippen LogP contribution in [0.3, 0.4) is 0 Å². The van der Waals surface area contributed by atoms with Crippen LogP contribution in [0.25, 0.3) is 33.2 Å². The van der Waals surface area contributed by atoms with Gasteiger partial charge in [-0.2, -0.15) is 0 Å². The van der Waals surface area contributed by atoms with E-state index in [-0.39, 0.29) is 5.56 Å². The summed E-state index contributed by atoms with van der Waals surface area (Å²) in [5, 5.41) is 1.35. The van der Waals surface area contributed by atoms with Crippen LogP contribution in [0, 0.1) is 5.92 Å². The number of benzene rings is 2. The van der Waals surface area contributed by atoms with E-state index in [2.05, 4.69) is 9.88 Å². The summed E-state index contributed by atoms with van der Waals surface area (Å²) in [4.78, 5) is 37.3. The Balaban J connectivity index is 1.36. The lowest BCUT2D eigenvalue weighted by atomic mass is 10.1. The van der Waals surface area contributed by atoms with Gasteiger partial charge >= 0.3 is 0 Å². The second-order valence-electron chi connectivity index (χ2n) is 10.3. The van der Waals surface area contributed by atoms with Crippen molar-refractivity contribution in [2.45, 2.75) is 31.7 Å². The average molecular weight is 516 g/mol. The molecule has 2 aromatic carbocycles. The summed E-state index contributed by atoms with van der Waals surface area (Å²) in [5.74, 6) is 0.940. The first-order valence-corrected chi connectivity index (χ1v) is 13.4. The van der Waals surface area contributed by atoms with Gasteiger partial charge in [0.25, 0.3) is 5.56 Å². The van der Waals surface area contributed by atoms with E-state index in [1.165, 1.54) is 4.57 Å². The number of ether oxygens (including phenoxy) is 2. The van der Waals surface area contributed by atoms with Crippen molar-refractivity contribution in [3.63, 3.8) is 0 Å². The highest BCUT2D eigenvalue weighted by molar-refractivity contribution is 5.95. The summed E-state index contributed by atoms with van der Waals surface area (Å²) in [6.07, 6.45) is 5.35. The van der Waals surface area contributed by atoms with E-state index in [0.717, 1.165) is 68.6 Å². The number of aromatic amines is 1. The number of primary amides is 1. The number of carbonyl (C=O) groups excluding carboxylic acids is 1. The third-order valence-electron chi connectivity index (χ3n) is 7.59. The van der Waals surface area contributed by atoms with Crippen molar-refractivity contribution in [3.05, 3.63) is 59.0 Å². The second-order valence-corrected chi connectivity index (χ2v) is 10.3. The number of nitrogens with two attached hydrogens (primary N) is 1. The fourth-order valence-corrected chi connectivity index (χ4v) is 5.32. The minimum Gasteiger partial charge on any atom is -0.494 e. The van der Waals surface area contributed by atoms with E-state index in [9.17, 15) is 9.59 Å². The molecule has 2 aromatic heterocycles. The van der Waals surface area contributed by atoms with Crippen LogP contribution in [0.1, 0.15) is 31.7 Å². The predicted octanol–water partition coefficient (Wildman–Crippen LogP) is 3.47. The van der Waals surface area contributed by atoms with Crippen molar-refractivity contribution in [2.24, 2.45) is 11.7 Å². The molecule has 4 aromatic rings. The minimum absolute atomic E-state index is 0.279. The molecule has 1 unspecified atom stereocenters. The van der Waals surface area contributed by atoms with Gasteiger partial charge in [0.05, 0.1) is 30.7 Å². The maximum Gasteiger partial charge on any atom is 0.262 e. The summed E-state index contributed by atoms with van der Waals surface area (Å²) < 4.78 is 12.9. The average Bonchev–Trinajstić information content (AvgIpc) is 3.66. The lowest BCUT2D eigenvalue weighted by molar-refractivity contribution is -0.121. The molecule has 1 saturated carbocycles. The highest BCUT2D eigenvalue weighted by Gasteiger charge is 2.32. The van der Waals surface area contributed by atoms with Crippen LogP contribution in [0.2, 0.25) is 0 Å². The number of nitrogens with one attached hydrogen (secondary N) is 1. The zero-order valence-corrected chi connectivity index (χ0v) is 21.4. The molecule has 1 saturated heterocycles. The number of amides is 1. The molecule has 1 aliphatic heterocycles. The molecule has 38 heavy (non-hydrogen) atoms. The molecule has 1 aliphatic carbocycles. The molecule has 9 nitrogen and oxygen atoms in total. The van der Waals surface area contributed by atoms with Crippen molar-refractivity contribution >= 4 is 27.7 Å². The largest absolute Gasteiger partial charge is 0.494 e. The van der Waals surface area contributed by atoms with Gasteiger partial charge in [-0.3, -0.25) is 19.1 Å². The summed E-state index contributed by atoms with van der Waals surface area (Å²) in [5.41, 5.74) is 7.87. The maximum atomic E-state index is 14.0. The van der Waals surface area contributed by atoms with Gasteiger partial charge in [0.1, 0.15) is 17.6 Å². The number of nitrogens with zero attached hydrogens (tertiary/aromatic N) is 3. The molecular weight excluding hydrogens is 482 g/mol. The number of hydrogen-bond acceptors (Lipinski definition) is 6. The Labute approximate surface area is 220 Å². The second kappa shape index (κ2) is 10.6. The Morgan fingerprint density at radius 2 is 1.97 bits per heavy atom. The SMILES string of the molecule is NC(=O)C(CC1CC1)n1c(-c2c[nH]c3ccccc23)nc2ccc(OCCCN3CCOCC3)cc2c1=O. The number of carbonyl (C=O) groups is 1. The highest BCUT2D eigenvalue weighted by Crippen LogP contribution is 2.38. The van der Waals surface area contributed by atoms with Crippen molar-refractivity contribution in [1.82, 2.24) is 19.4 Å². The standard InChI is InChI=1S/C29H33N5O4/c30-27(35)26(16-19-6-7-19)34-28(23-18-31-24-5-2-1-4-21(23)24)32-25-9-8-20(17-22(25)29(34)36)38-13-3-10-33-11-14-37-15-12-33/h1-2,4-5,8-9,17-19,26,31H,3,6-7,10-16H2,(H2,30,35). The number of hydrogen-bond donors (Lipinski definition) is 2. The number of fused-ring (bicyclic) bond motifs is 2. The summed E-state index contributed by atoms with van der Waals surface area (Å²) in [6, 6.07) is 12.5. The van der Waals surface area contributed by atoms with Gasteiger partial charge in [0, 0.05) is 42.3 Å². The highest BCUT2D eigenvalue weighted by atomic mass is 16.5. The van der Waals surface area contributed by atoms with E-state index in [1.807, 2.05) is 42.6 Å². The maximum absolute atomic E-state index is 14.0. The van der Waals surface area contributed by atoms with E-state index in [0.29, 0.717) is 41.4 Å². The van der Waals surface area contributed by atoms with Crippen LogP contribution in [-0.4, -0.2) is 64.8 Å². The fraction of sp³-hybridized carbons (Fsp3) is 0.414. The molecule has 1 amide bonds. The third-order valence-corrected chi connectivity index (χ3v) is 7.59. The molecule has 1 atom stereocenters. The normalized spacial score (nSPS) is 17.2. The predicted molar refractivity (Wildman–Crippen MR) is 146 cm³/mol. The van der Waals surface area contributed by atoms with Gasteiger partial charge in [0.15, 0.2) is 0 Å². The Morgan fingerprint density at radius 3 is 2.76 bits per heavy atom. The van der Waals surface area contributed by atoms with Crippen LogP contribution in [0.4, 0.5) is 0 Å². The summed E-state index contributed by atoms with van der Waals surface area (Å²) in [7, 11) is 0. The Morgan fingerprint density at radius 1 is 1.16 bits per heavy atom. The van der Waals surface area contributed by atoms with E-state index in [4.69, 9.17) is 20.2 Å². The fourth-order valence-electron chi connectivity index (χ4n) is 5.32. The topological polar surface area (TPSA) is 115 Å². The van der Waals surface area contributed by atoms with Crippen molar-refractivity contribution in [1.29, 1.82) is 0 Å². The van der Waals surface area contributed by atoms with Crippen LogP contribution in [0.5, 0.6) is 5.75 Å². The number of aromatic nitrogens is 3. The zero-order chi connectivity index (χ0) is 26.1. The van der Waals surface area contributed by atoms with Crippen LogP contribution in [0.15, 0.2) is 53.5 Å². The minimum atomic E-state index is -0.770. The van der Waals surface area contributed by atoms with Gasteiger partial charge in [-0.1, -0.05) is 31.0 Å².